The van der Waals surface area contributed by atoms with Crippen LogP contribution in [-0.2, 0) is 53.8 Å². The molecular weight excluding hydrogens is 1950 g/mol. The zero-order valence-electron chi connectivity index (χ0n) is 74.0. The number of rotatable bonds is 17. The SMILES string of the molecule is Cc1cnc(-c2[c-]c(N(c3[c-]c(-c4cc(-c5ccccc5)ccn4)cc(C(C)(C)C)c3)c3ccccc3-c3ccccc3)cc(C(C)(C)C)c2)cc1-c1ccccc1.Cc1cnc(-c2cc(C(C)C)cc(N(c3cc(-c4cc(-c5ccccc5)ccn4)cc(C(C)(C)C)c3)c3ccccc3-c3ccccc3)c2)cc1-c1ccccc1.N#Cc1ccccc1.[Cl][Pt][Cl].[Pt+2]. The monoisotopic (exact) mass is 2050 g/mol. The van der Waals surface area contributed by atoms with Crippen molar-refractivity contribution in [2.24, 2.45) is 0 Å². The number of para-hydroxylation sites is 2. The van der Waals surface area contributed by atoms with Gasteiger partial charge in [0, 0.05) is 58.4 Å². The predicted octanol–water partition coefficient (Wildman–Crippen LogP) is 32.7. The first-order valence-corrected chi connectivity index (χ1v) is 48.2. The molecule has 0 saturated carbocycles. The molecule has 7 nitrogen and oxygen atoms in total. The van der Waals surface area contributed by atoms with Gasteiger partial charge in [0.2, 0.25) is 0 Å². The zero-order valence-corrected chi connectivity index (χ0v) is 80.0. The van der Waals surface area contributed by atoms with E-state index in [-0.39, 0.29) is 43.2 Å². The van der Waals surface area contributed by atoms with E-state index in [4.69, 9.17) is 44.0 Å². The molecule has 0 amide bonds. The van der Waals surface area contributed by atoms with Crippen molar-refractivity contribution in [1.29, 1.82) is 5.26 Å². The largest absolute Gasteiger partial charge is 2.00 e. The summed E-state index contributed by atoms with van der Waals surface area (Å²) in [5.74, 6) is 0.287. The van der Waals surface area contributed by atoms with Gasteiger partial charge in [-0.1, -0.05) is 325 Å². The summed E-state index contributed by atoms with van der Waals surface area (Å²) >= 11 is -0.472. The maximum atomic E-state index is 8.29. The number of benzene rings is 13. The summed E-state index contributed by atoms with van der Waals surface area (Å²) in [5, 5.41) is 8.29. The number of aryl methyl sites for hydroxylation is 2. The van der Waals surface area contributed by atoms with Gasteiger partial charge in [0.15, 0.2) is 0 Å². The molecule has 0 aliphatic carbocycles. The van der Waals surface area contributed by atoms with Gasteiger partial charge in [-0.05, 0) is 222 Å². The van der Waals surface area contributed by atoms with E-state index in [1.54, 1.807) is 12.1 Å². The summed E-state index contributed by atoms with van der Waals surface area (Å²) in [6.45, 7) is 29.3. The van der Waals surface area contributed by atoms with E-state index in [9.17, 15) is 0 Å². The smallest absolute Gasteiger partial charge is 2.00 e. The molecule has 636 valence electrons. The van der Waals surface area contributed by atoms with Crippen LogP contribution in [0.3, 0.4) is 0 Å². The molecule has 0 unspecified atom stereocenters. The van der Waals surface area contributed by atoms with Crippen LogP contribution in [0.5, 0.6) is 0 Å². The Kier molecular flexibility index (Phi) is 30.6. The molecule has 4 heterocycles. The van der Waals surface area contributed by atoms with Crippen LogP contribution in [0.25, 0.3) is 112 Å². The molecule has 17 rings (SSSR count). The minimum absolute atomic E-state index is 0. The average Bonchev–Trinajstić information content (AvgIpc) is 0.759. The molecule has 0 radical (unpaired) electrons. The van der Waals surface area contributed by atoms with Crippen molar-refractivity contribution < 1.29 is 37.5 Å². The molecule has 4 aromatic heterocycles. The number of pyridine rings is 4. The van der Waals surface area contributed by atoms with E-state index < -0.39 is 16.5 Å². The molecule has 13 aromatic carbocycles. The topological polar surface area (TPSA) is 81.8 Å². The van der Waals surface area contributed by atoms with Crippen molar-refractivity contribution in [1.82, 2.24) is 19.9 Å². The van der Waals surface area contributed by atoms with Gasteiger partial charge in [0.1, 0.15) is 0 Å². The molecule has 0 saturated heterocycles. The summed E-state index contributed by atoms with van der Waals surface area (Å²) in [4.78, 5) is 24.8. The van der Waals surface area contributed by atoms with E-state index in [0.29, 0.717) is 5.56 Å². The first-order valence-electron chi connectivity index (χ1n) is 42.6. The molecular formula is C116H103Cl2N7Pt2. The summed E-state index contributed by atoms with van der Waals surface area (Å²) in [6, 6.07) is 136. The Morgan fingerprint density at radius 3 is 1.07 bits per heavy atom. The maximum absolute atomic E-state index is 8.29. The Morgan fingerprint density at radius 1 is 0.323 bits per heavy atom. The van der Waals surface area contributed by atoms with Crippen LogP contribution in [0.15, 0.2) is 383 Å². The molecule has 11 heteroatoms. The summed E-state index contributed by atoms with van der Waals surface area (Å²) in [5.41, 5.74) is 35.0. The first-order chi connectivity index (χ1) is 60.9. The van der Waals surface area contributed by atoms with Crippen LogP contribution in [-0.4, -0.2) is 19.9 Å². The Morgan fingerprint density at radius 2 is 0.654 bits per heavy atom. The minimum Gasteiger partial charge on any atom is 2.00 e. The van der Waals surface area contributed by atoms with E-state index in [2.05, 4.69) is 440 Å². The van der Waals surface area contributed by atoms with E-state index in [1.165, 1.54) is 44.5 Å². The molecule has 0 N–H and O–H groups in total. The van der Waals surface area contributed by atoms with Gasteiger partial charge in [-0.3, -0.25) is 9.97 Å². The second-order valence-corrected chi connectivity index (χ2v) is 38.2. The fraction of sp³-hybridized carbons (Fsp3) is 0.147. The van der Waals surface area contributed by atoms with Crippen LogP contribution in [0.4, 0.5) is 34.1 Å². The van der Waals surface area contributed by atoms with Crippen molar-refractivity contribution in [3.8, 4) is 118 Å². The van der Waals surface area contributed by atoms with Crippen molar-refractivity contribution in [2.45, 2.75) is 112 Å². The molecule has 0 aliphatic heterocycles. The fourth-order valence-electron chi connectivity index (χ4n) is 15.4. The zero-order chi connectivity index (χ0) is 88.5. The Balaban J connectivity index is 0.000000193. The fourth-order valence-corrected chi connectivity index (χ4v) is 15.4. The van der Waals surface area contributed by atoms with Gasteiger partial charge in [0.25, 0.3) is 0 Å². The number of nitrogens with zero attached hydrogens (tertiary/aromatic N) is 7. The van der Waals surface area contributed by atoms with Gasteiger partial charge in [-0.15, -0.1) is 58.7 Å². The van der Waals surface area contributed by atoms with Crippen LogP contribution in [0.1, 0.15) is 121 Å². The summed E-state index contributed by atoms with van der Waals surface area (Å²) < 4.78 is 0. The Labute approximate surface area is 782 Å². The molecule has 0 fully saturated rings. The molecule has 0 aliphatic rings. The van der Waals surface area contributed by atoms with Crippen molar-refractivity contribution in [2.75, 3.05) is 9.80 Å². The number of aromatic nitrogens is 4. The normalized spacial score (nSPS) is 11.2. The van der Waals surface area contributed by atoms with E-state index in [0.717, 1.165) is 135 Å². The van der Waals surface area contributed by atoms with Crippen LogP contribution in [0, 0.1) is 37.3 Å². The van der Waals surface area contributed by atoms with Crippen LogP contribution >= 0.6 is 18.8 Å². The van der Waals surface area contributed by atoms with Gasteiger partial charge in [0.05, 0.1) is 34.4 Å². The Hall–Kier alpha value is -12.5. The van der Waals surface area contributed by atoms with Gasteiger partial charge in [-0.2, -0.15) is 5.26 Å². The third-order valence-corrected chi connectivity index (χ3v) is 22.4. The second kappa shape index (κ2) is 42.2. The van der Waals surface area contributed by atoms with Gasteiger partial charge in [-0.25, -0.2) is 0 Å². The van der Waals surface area contributed by atoms with E-state index >= 15 is 0 Å². The van der Waals surface area contributed by atoms with Crippen molar-refractivity contribution in [3.63, 3.8) is 0 Å². The number of nitriles is 1. The molecule has 0 spiro atoms. The maximum Gasteiger partial charge on any atom is 2.00 e. The number of hydrogen-bond donors (Lipinski definition) is 0. The third-order valence-electron chi connectivity index (χ3n) is 22.4. The summed E-state index contributed by atoms with van der Waals surface area (Å²) in [7, 11) is 9.75. The Bertz CT molecular complexity index is 6590. The quantitative estimate of drug-likeness (QED) is 0.0840. The second-order valence-electron chi connectivity index (χ2n) is 34.9. The van der Waals surface area contributed by atoms with Crippen molar-refractivity contribution >= 4 is 53.0 Å². The summed E-state index contributed by atoms with van der Waals surface area (Å²) in [6.07, 6.45) is 7.83. The van der Waals surface area contributed by atoms with E-state index in [1.807, 2.05) is 49.1 Å². The predicted molar refractivity (Wildman–Crippen MR) is 528 cm³/mol. The van der Waals surface area contributed by atoms with Crippen LogP contribution in [0.2, 0.25) is 0 Å². The minimum atomic E-state index is -0.472. The third kappa shape index (κ3) is 23.0. The standard InChI is InChI=1S/C55H49N3.C54H49N3.C7H5N.2ClH.2Pt/c1-38-37-57-52(36-50(38)41-23-15-10-16-24-41)44-30-46(55(5,6)7)35-48(32-44)58(53-26-18-17-25-49(53)40-21-13-9-14-22-40)47-31-43(29-45(34-47)54(2,3)4)51-33-42(27-28-56-51)39-19-11-8-12-20-39;1-37(2)43-28-44(52-35-50(38(3)36-56-52)41-22-14-9-15-23-41)31-47(30-43)57(53-25-17-16-24-49(53)40-20-12-8-13-21-40)48-32-45(29-46(34-48)54(4,5)6)51-33-42(26-27-55-51)39-18-10-7-11-19-39;8-6-7-4-2-1-3-5-7;;;;/h8-30,33-37H,1-7H3;7-37H,1-6H3;1-5H;2*1H;;/q-2;;;;;2*+2/p-2. The van der Waals surface area contributed by atoms with Crippen LogP contribution < -0.4 is 9.80 Å². The average molecular weight is 2060 g/mol. The molecule has 0 bridgehead atoms. The molecule has 0 atom stereocenters. The van der Waals surface area contributed by atoms with Gasteiger partial charge >= 0.3 is 56.4 Å². The number of halogens is 2. The molecule has 17 aromatic rings. The molecule has 127 heavy (non-hydrogen) atoms. The number of hydrogen-bond acceptors (Lipinski definition) is 7. The number of anilines is 6. The van der Waals surface area contributed by atoms with Crippen molar-refractivity contribution in [3.05, 3.63) is 434 Å². The van der Waals surface area contributed by atoms with Gasteiger partial charge < -0.3 is 19.8 Å². The first kappa shape index (κ1) is 92.2.